The summed E-state index contributed by atoms with van der Waals surface area (Å²) in [6.45, 7) is 1.78. The average molecular weight is 237 g/mol. The van der Waals surface area contributed by atoms with Gasteiger partial charge in [0.25, 0.3) is 0 Å². The maximum absolute atomic E-state index is 13.3. The van der Waals surface area contributed by atoms with Crippen LogP contribution >= 0.6 is 0 Å². The molecule has 4 nitrogen and oxygen atoms in total. The quantitative estimate of drug-likeness (QED) is 0.842. The number of hydrogen-bond donors (Lipinski definition) is 2. The van der Waals surface area contributed by atoms with Gasteiger partial charge in [-0.25, -0.2) is 4.39 Å². The van der Waals surface area contributed by atoms with Gasteiger partial charge < -0.3 is 10.4 Å². The van der Waals surface area contributed by atoms with Gasteiger partial charge in [-0.2, -0.15) is 0 Å². The highest BCUT2D eigenvalue weighted by Gasteiger charge is 2.48. The molecule has 1 aromatic rings. The first-order chi connectivity index (χ1) is 7.99. The number of rotatable bonds is 3. The van der Waals surface area contributed by atoms with E-state index in [-0.39, 0.29) is 5.69 Å². The van der Waals surface area contributed by atoms with Gasteiger partial charge in [0.05, 0.1) is 17.5 Å². The Kier molecular flexibility index (Phi) is 2.83. The number of carbonyl (C=O) groups is 2. The van der Waals surface area contributed by atoms with Crippen molar-refractivity contribution in [3.8, 4) is 0 Å². The van der Waals surface area contributed by atoms with Gasteiger partial charge in [0, 0.05) is 0 Å². The molecular weight excluding hydrogens is 225 g/mol. The van der Waals surface area contributed by atoms with Crippen LogP contribution in [0.3, 0.4) is 0 Å². The molecule has 1 aromatic carbocycles. The molecule has 0 heterocycles. The molecule has 0 unspecified atom stereocenters. The Hall–Kier alpha value is -1.91. The molecule has 17 heavy (non-hydrogen) atoms. The Bertz CT molecular complexity index is 487. The summed E-state index contributed by atoms with van der Waals surface area (Å²) >= 11 is 0. The Labute approximate surface area is 97.4 Å². The molecule has 0 bridgehead atoms. The molecule has 1 aliphatic rings. The first-order valence-corrected chi connectivity index (χ1v) is 5.29. The van der Waals surface area contributed by atoms with E-state index in [2.05, 4.69) is 5.32 Å². The van der Waals surface area contributed by atoms with Gasteiger partial charge in [0.2, 0.25) is 5.91 Å². The topological polar surface area (TPSA) is 66.4 Å². The molecule has 5 heteroatoms. The number of aliphatic carboxylic acids is 1. The van der Waals surface area contributed by atoms with Crippen LogP contribution < -0.4 is 5.32 Å². The number of halogens is 1. The van der Waals surface area contributed by atoms with Crippen LogP contribution in [0.1, 0.15) is 12.0 Å². The molecule has 0 aromatic heterocycles. The van der Waals surface area contributed by atoms with E-state index in [9.17, 15) is 14.0 Å². The Balaban J connectivity index is 2.04. The van der Waals surface area contributed by atoms with Crippen molar-refractivity contribution in [2.75, 3.05) is 5.32 Å². The smallest absolute Gasteiger partial charge is 0.307 e. The fourth-order valence-corrected chi connectivity index (χ4v) is 1.72. The molecule has 0 aliphatic heterocycles. The summed E-state index contributed by atoms with van der Waals surface area (Å²) in [5, 5.41) is 11.1. The third-order valence-electron chi connectivity index (χ3n) is 2.82. The molecule has 2 atom stereocenters. The van der Waals surface area contributed by atoms with Crippen LogP contribution in [-0.2, 0) is 9.59 Å². The lowest BCUT2D eigenvalue weighted by molar-refractivity contribution is -0.139. The lowest BCUT2D eigenvalue weighted by Crippen LogP contribution is -2.17. The van der Waals surface area contributed by atoms with Gasteiger partial charge >= 0.3 is 5.97 Å². The fraction of sp³-hybridized carbons (Fsp3) is 0.333. The lowest BCUT2D eigenvalue weighted by atomic mass is 10.2. The van der Waals surface area contributed by atoms with E-state index < -0.39 is 29.5 Å². The highest BCUT2D eigenvalue weighted by Crippen LogP contribution is 2.39. The molecule has 2 rings (SSSR count). The first kappa shape index (κ1) is 11.6. The van der Waals surface area contributed by atoms with Crippen LogP contribution in [0, 0.1) is 24.6 Å². The van der Waals surface area contributed by atoms with Crippen molar-refractivity contribution in [2.45, 2.75) is 13.3 Å². The van der Waals surface area contributed by atoms with Crippen molar-refractivity contribution < 1.29 is 19.1 Å². The largest absolute Gasteiger partial charge is 0.481 e. The maximum Gasteiger partial charge on any atom is 0.307 e. The highest BCUT2D eigenvalue weighted by molar-refractivity contribution is 5.98. The molecule has 1 amide bonds. The lowest BCUT2D eigenvalue weighted by Gasteiger charge is -2.06. The molecule has 0 saturated heterocycles. The predicted molar refractivity (Wildman–Crippen MR) is 59.0 cm³/mol. The Morgan fingerprint density at radius 1 is 1.41 bits per heavy atom. The Morgan fingerprint density at radius 2 is 2.12 bits per heavy atom. The Morgan fingerprint density at radius 3 is 2.71 bits per heavy atom. The van der Waals surface area contributed by atoms with Crippen LogP contribution in [0.5, 0.6) is 0 Å². The number of carbonyl (C=O) groups excluding carboxylic acids is 1. The van der Waals surface area contributed by atoms with Crippen molar-refractivity contribution in [3.05, 3.63) is 29.6 Å². The van der Waals surface area contributed by atoms with Crippen molar-refractivity contribution in [1.29, 1.82) is 0 Å². The second-order valence-electron chi connectivity index (χ2n) is 4.26. The van der Waals surface area contributed by atoms with E-state index in [1.807, 2.05) is 0 Å². The van der Waals surface area contributed by atoms with Gasteiger partial charge in [-0.3, -0.25) is 9.59 Å². The minimum atomic E-state index is -0.977. The number of benzene rings is 1. The van der Waals surface area contributed by atoms with Crippen molar-refractivity contribution in [2.24, 2.45) is 11.8 Å². The van der Waals surface area contributed by atoms with E-state index >= 15 is 0 Å². The van der Waals surface area contributed by atoms with Crippen molar-refractivity contribution in [3.63, 3.8) is 0 Å². The van der Waals surface area contributed by atoms with Crippen molar-refractivity contribution >= 4 is 17.6 Å². The van der Waals surface area contributed by atoms with Crippen LogP contribution in [0.2, 0.25) is 0 Å². The summed E-state index contributed by atoms with van der Waals surface area (Å²) in [6.07, 6.45) is 0.328. The minimum Gasteiger partial charge on any atom is -0.481 e. The number of anilines is 1. The molecule has 1 saturated carbocycles. The summed E-state index contributed by atoms with van der Waals surface area (Å²) < 4.78 is 13.3. The molecule has 2 N–H and O–H groups in total. The number of carboxylic acids is 1. The SMILES string of the molecule is Cc1ccc(F)c(NC(=O)[C@@H]2C[C@@H]2C(=O)O)c1. The molecule has 1 fully saturated rings. The zero-order chi connectivity index (χ0) is 12.6. The first-order valence-electron chi connectivity index (χ1n) is 5.29. The van der Waals surface area contributed by atoms with E-state index in [4.69, 9.17) is 5.11 Å². The summed E-state index contributed by atoms with van der Waals surface area (Å²) in [7, 11) is 0. The second kappa shape index (κ2) is 4.16. The van der Waals surface area contributed by atoms with E-state index in [1.54, 1.807) is 13.0 Å². The molecule has 0 radical (unpaired) electrons. The monoisotopic (exact) mass is 237 g/mol. The van der Waals surface area contributed by atoms with Gasteiger partial charge in [-0.05, 0) is 31.0 Å². The number of hydrogen-bond acceptors (Lipinski definition) is 2. The number of amides is 1. The molecular formula is C12H12FNO3. The van der Waals surface area contributed by atoms with E-state index in [1.165, 1.54) is 12.1 Å². The van der Waals surface area contributed by atoms with Crippen LogP contribution in [0.15, 0.2) is 18.2 Å². The molecule has 0 spiro atoms. The minimum absolute atomic E-state index is 0.103. The summed E-state index contributed by atoms with van der Waals surface area (Å²) in [5.41, 5.74) is 0.929. The summed E-state index contributed by atoms with van der Waals surface area (Å²) in [6, 6.07) is 4.39. The van der Waals surface area contributed by atoms with Crippen LogP contribution in [-0.4, -0.2) is 17.0 Å². The van der Waals surface area contributed by atoms with Crippen LogP contribution in [0.4, 0.5) is 10.1 Å². The zero-order valence-electron chi connectivity index (χ0n) is 9.24. The van der Waals surface area contributed by atoms with Gasteiger partial charge in [-0.1, -0.05) is 6.07 Å². The van der Waals surface area contributed by atoms with E-state index in [0.717, 1.165) is 5.56 Å². The van der Waals surface area contributed by atoms with Gasteiger partial charge in [0.1, 0.15) is 5.82 Å². The molecule has 90 valence electrons. The summed E-state index contributed by atoms with van der Waals surface area (Å²) in [5.74, 6) is -3.08. The van der Waals surface area contributed by atoms with Crippen LogP contribution in [0.25, 0.3) is 0 Å². The van der Waals surface area contributed by atoms with Gasteiger partial charge in [0.15, 0.2) is 0 Å². The van der Waals surface area contributed by atoms with E-state index in [0.29, 0.717) is 6.42 Å². The summed E-state index contributed by atoms with van der Waals surface area (Å²) in [4.78, 5) is 22.2. The predicted octanol–water partition coefficient (Wildman–Crippen LogP) is 1.79. The number of carboxylic acid groups (broad SMARTS) is 1. The second-order valence-corrected chi connectivity index (χ2v) is 4.26. The number of nitrogens with one attached hydrogen (secondary N) is 1. The van der Waals surface area contributed by atoms with Crippen molar-refractivity contribution in [1.82, 2.24) is 0 Å². The molecule has 1 aliphatic carbocycles. The normalized spacial score (nSPS) is 22.0. The maximum atomic E-state index is 13.3. The fourth-order valence-electron chi connectivity index (χ4n) is 1.72. The third kappa shape index (κ3) is 2.43. The van der Waals surface area contributed by atoms with Gasteiger partial charge in [-0.15, -0.1) is 0 Å². The standard InChI is InChI=1S/C12H12FNO3/c1-6-2-3-9(13)10(4-6)14-11(15)7-5-8(7)12(16)17/h2-4,7-8H,5H2,1H3,(H,14,15)(H,16,17)/t7-,8+/m1/s1. The highest BCUT2D eigenvalue weighted by atomic mass is 19.1. The number of aryl methyl sites for hydroxylation is 1. The third-order valence-corrected chi connectivity index (χ3v) is 2.82. The zero-order valence-corrected chi connectivity index (χ0v) is 9.24. The average Bonchev–Trinajstić information content (AvgIpc) is 3.03.